The Kier molecular flexibility index (Phi) is 6.76. The normalized spacial score (nSPS) is 11.5. The molecule has 0 bridgehead atoms. The van der Waals surface area contributed by atoms with Crippen LogP contribution in [0.2, 0.25) is 0 Å². The van der Waals surface area contributed by atoms with E-state index >= 15 is 0 Å². The van der Waals surface area contributed by atoms with Crippen molar-refractivity contribution in [1.82, 2.24) is 5.32 Å². The van der Waals surface area contributed by atoms with Crippen LogP contribution in [0.15, 0.2) is 18.2 Å². The Morgan fingerprint density at radius 1 is 1.53 bits per heavy atom. The first kappa shape index (κ1) is 15.9. The molecule has 1 rings (SSSR count). The van der Waals surface area contributed by atoms with Crippen LogP contribution in [-0.2, 0) is 0 Å². The van der Waals surface area contributed by atoms with Crippen LogP contribution in [-0.4, -0.2) is 19.0 Å². The molecule has 0 aliphatic rings. The highest BCUT2D eigenvalue weighted by Gasteiger charge is 2.12. The van der Waals surface area contributed by atoms with E-state index in [1.807, 2.05) is 13.8 Å². The van der Waals surface area contributed by atoms with E-state index in [2.05, 4.69) is 5.32 Å². The van der Waals surface area contributed by atoms with Gasteiger partial charge in [0.05, 0.1) is 5.56 Å². The summed E-state index contributed by atoms with van der Waals surface area (Å²) in [6.07, 6.45) is 0. The van der Waals surface area contributed by atoms with E-state index in [-0.39, 0.29) is 29.8 Å². The lowest BCUT2D eigenvalue weighted by molar-refractivity contribution is 0.0944. The lowest BCUT2D eigenvalue weighted by Gasteiger charge is -2.10. The number of amides is 1. The summed E-state index contributed by atoms with van der Waals surface area (Å²) in [6.45, 7) is 4.70. The molecule has 0 fully saturated rings. The third-order valence-electron chi connectivity index (χ3n) is 2.38. The first-order valence-corrected chi connectivity index (χ1v) is 5.29. The Morgan fingerprint density at radius 3 is 2.76 bits per heavy atom. The third kappa shape index (κ3) is 4.71. The number of nitrogens with one attached hydrogen (secondary N) is 1. The maximum atomic E-state index is 13.3. The van der Waals surface area contributed by atoms with Gasteiger partial charge in [0.25, 0.3) is 5.91 Å². The summed E-state index contributed by atoms with van der Waals surface area (Å²) in [6, 6.07) is 4.48. The van der Waals surface area contributed by atoms with E-state index in [9.17, 15) is 9.18 Å². The van der Waals surface area contributed by atoms with Crippen molar-refractivity contribution in [3.8, 4) is 0 Å². The van der Waals surface area contributed by atoms with E-state index in [4.69, 9.17) is 5.73 Å². The summed E-state index contributed by atoms with van der Waals surface area (Å²) >= 11 is 0. The fraction of sp³-hybridized carbons (Fsp3) is 0.417. The zero-order valence-corrected chi connectivity index (χ0v) is 10.8. The fourth-order valence-electron chi connectivity index (χ4n) is 1.26. The van der Waals surface area contributed by atoms with Crippen molar-refractivity contribution in [1.29, 1.82) is 0 Å². The van der Waals surface area contributed by atoms with Gasteiger partial charge < -0.3 is 11.1 Å². The zero-order chi connectivity index (χ0) is 12.1. The third-order valence-corrected chi connectivity index (χ3v) is 2.38. The van der Waals surface area contributed by atoms with Crippen LogP contribution in [0.5, 0.6) is 0 Å². The van der Waals surface area contributed by atoms with Crippen molar-refractivity contribution in [2.75, 3.05) is 13.1 Å². The van der Waals surface area contributed by atoms with Crippen LogP contribution in [0.4, 0.5) is 4.39 Å². The number of carbonyl (C=O) groups is 1. The second-order valence-corrected chi connectivity index (χ2v) is 4.03. The summed E-state index contributed by atoms with van der Waals surface area (Å²) in [5.41, 5.74) is 6.37. The van der Waals surface area contributed by atoms with E-state index in [0.717, 1.165) is 5.56 Å². The molecule has 1 unspecified atom stereocenters. The van der Waals surface area contributed by atoms with Gasteiger partial charge in [0.2, 0.25) is 0 Å². The topological polar surface area (TPSA) is 55.1 Å². The Labute approximate surface area is 107 Å². The highest BCUT2D eigenvalue weighted by molar-refractivity contribution is 5.94. The summed E-state index contributed by atoms with van der Waals surface area (Å²) in [4.78, 5) is 11.6. The van der Waals surface area contributed by atoms with Crippen molar-refractivity contribution in [2.45, 2.75) is 13.8 Å². The zero-order valence-electron chi connectivity index (χ0n) is 10.00. The average molecular weight is 261 g/mol. The van der Waals surface area contributed by atoms with Gasteiger partial charge in [-0.1, -0.05) is 18.6 Å². The standard InChI is InChI=1S/C12H17FN2O.ClH/c1-8-3-4-11(13)10(5-8)12(16)15-7-9(2)6-14;/h3-5,9H,6-7,14H2,1-2H3,(H,15,16);1H. The van der Waals surface area contributed by atoms with Gasteiger partial charge in [0.15, 0.2) is 0 Å². The molecule has 0 aromatic heterocycles. The highest BCUT2D eigenvalue weighted by Crippen LogP contribution is 2.09. The van der Waals surface area contributed by atoms with Crippen molar-refractivity contribution < 1.29 is 9.18 Å². The molecule has 0 aliphatic heterocycles. The minimum atomic E-state index is -0.497. The van der Waals surface area contributed by atoms with Gasteiger partial charge in [-0.3, -0.25) is 4.79 Å². The molecule has 0 spiro atoms. The SMILES string of the molecule is Cc1ccc(F)c(C(=O)NCC(C)CN)c1.Cl. The van der Waals surface area contributed by atoms with Crippen LogP contribution in [0.3, 0.4) is 0 Å². The number of carbonyl (C=O) groups excluding carboxylic acids is 1. The highest BCUT2D eigenvalue weighted by atomic mass is 35.5. The lowest BCUT2D eigenvalue weighted by Crippen LogP contribution is -2.31. The number of benzene rings is 1. The summed E-state index contributed by atoms with van der Waals surface area (Å²) < 4.78 is 13.3. The minimum Gasteiger partial charge on any atom is -0.352 e. The Morgan fingerprint density at radius 2 is 2.18 bits per heavy atom. The van der Waals surface area contributed by atoms with Gasteiger partial charge in [-0.15, -0.1) is 12.4 Å². The molecule has 0 saturated carbocycles. The predicted molar refractivity (Wildman–Crippen MR) is 68.9 cm³/mol. The number of hydrogen-bond acceptors (Lipinski definition) is 2. The van der Waals surface area contributed by atoms with Gasteiger partial charge >= 0.3 is 0 Å². The van der Waals surface area contributed by atoms with E-state index in [1.165, 1.54) is 12.1 Å². The van der Waals surface area contributed by atoms with E-state index in [1.54, 1.807) is 6.07 Å². The monoisotopic (exact) mass is 260 g/mol. The lowest BCUT2D eigenvalue weighted by atomic mass is 10.1. The fourth-order valence-corrected chi connectivity index (χ4v) is 1.26. The van der Waals surface area contributed by atoms with E-state index < -0.39 is 5.82 Å². The number of halogens is 2. The van der Waals surface area contributed by atoms with Crippen molar-refractivity contribution >= 4 is 18.3 Å². The number of rotatable bonds is 4. The molecule has 3 nitrogen and oxygen atoms in total. The largest absolute Gasteiger partial charge is 0.352 e. The van der Waals surface area contributed by atoms with Gasteiger partial charge in [-0.25, -0.2) is 4.39 Å². The van der Waals surface area contributed by atoms with Gasteiger partial charge in [-0.2, -0.15) is 0 Å². The first-order chi connectivity index (χ1) is 7.54. The summed E-state index contributed by atoms with van der Waals surface area (Å²) in [5.74, 6) is -0.693. The molecule has 1 amide bonds. The molecule has 96 valence electrons. The maximum absolute atomic E-state index is 13.3. The molecule has 0 radical (unpaired) electrons. The van der Waals surface area contributed by atoms with Gasteiger partial charge in [-0.05, 0) is 31.5 Å². The van der Waals surface area contributed by atoms with Gasteiger partial charge in [0.1, 0.15) is 5.82 Å². The molecule has 1 aromatic rings. The minimum absolute atomic E-state index is 0. The molecule has 0 saturated heterocycles. The molecule has 0 heterocycles. The molecule has 17 heavy (non-hydrogen) atoms. The number of nitrogens with two attached hydrogens (primary N) is 1. The quantitative estimate of drug-likeness (QED) is 0.869. The molecule has 5 heteroatoms. The van der Waals surface area contributed by atoms with Crippen LogP contribution in [0.25, 0.3) is 0 Å². The van der Waals surface area contributed by atoms with Crippen molar-refractivity contribution in [3.05, 3.63) is 35.1 Å². The van der Waals surface area contributed by atoms with Crippen LogP contribution < -0.4 is 11.1 Å². The van der Waals surface area contributed by atoms with Gasteiger partial charge in [0, 0.05) is 6.54 Å². The molecular formula is C12H18ClFN2O. The first-order valence-electron chi connectivity index (χ1n) is 5.29. The van der Waals surface area contributed by atoms with Crippen molar-refractivity contribution in [3.63, 3.8) is 0 Å². The number of aryl methyl sites for hydroxylation is 1. The average Bonchev–Trinajstić information content (AvgIpc) is 2.28. The molecule has 3 N–H and O–H groups in total. The molecule has 0 aliphatic carbocycles. The predicted octanol–water partition coefficient (Wildman–Crippen LogP) is 1.88. The van der Waals surface area contributed by atoms with Crippen LogP contribution in [0, 0.1) is 18.7 Å². The Balaban J connectivity index is 0.00000256. The molecular weight excluding hydrogens is 243 g/mol. The molecule has 1 aromatic carbocycles. The summed E-state index contributed by atoms with van der Waals surface area (Å²) in [5, 5.41) is 2.66. The summed E-state index contributed by atoms with van der Waals surface area (Å²) in [7, 11) is 0. The molecule has 1 atom stereocenters. The van der Waals surface area contributed by atoms with E-state index in [0.29, 0.717) is 13.1 Å². The second kappa shape index (κ2) is 7.25. The smallest absolute Gasteiger partial charge is 0.254 e. The van der Waals surface area contributed by atoms with Crippen LogP contribution >= 0.6 is 12.4 Å². The van der Waals surface area contributed by atoms with Crippen molar-refractivity contribution in [2.24, 2.45) is 11.7 Å². The Hall–Kier alpha value is -1.13. The maximum Gasteiger partial charge on any atom is 0.254 e. The second-order valence-electron chi connectivity index (χ2n) is 4.03. The number of hydrogen-bond donors (Lipinski definition) is 2. The Bertz CT molecular complexity index is 385. The van der Waals surface area contributed by atoms with Crippen LogP contribution in [0.1, 0.15) is 22.8 Å².